The second kappa shape index (κ2) is 6.49. The van der Waals surface area contributed by atoms with Crippen molar-refractivity contribution in [2.24, 2.45) is 0 Å². The van der Waals surface area contributed by atoms with E-state index in [9.17, 15) is 4.21 Å². The third-order valence-electron chi connectivity index (χ3n) is 4.28. The molecule has 0 bridgehead atoms. The van der Waals surface area contributed by atoms with Crippen LogP contribution in [0.3, 0.4) is 0 Å². The predicted octanol–water partition coefficient (Wildman–Crippen LogP) is 2.22. The fraction of sp³-hybridized carbons (Fsp3) is 1.00. The minimum Gasteiger partial charge on any atom is -0.370 e. The van der Waals surface area contributed by atoms with Gasteiger partial charge in [-0.2, -0.15) is 0 Å². The molecule has 106 valence electrons. The molecule has 2 rings (SSSR count). The molecular formula is C14H27NO2S. The molecule has 1 saturated heterocycles. The van der Waals surface area contributed by atoms with Gasteiger partial charge in [-0.3, -0.25) is 4.21 Å². The molecule has 0 aromatic carbocycles. The van der Waals surface area contributed by atoms with Gasteiger partial charge in [-0.05, 0) is 32.6 Å². The van der Waals surface area contributed by atoms with Gasteiger partial charge in [-0.1, -0.05) is 19.3 Å². The summed E-state index contributed by atoms with van der Waals surface area (Å²) < 4.78 is 17.4. The Morgan fingerprint density at radius 1 is 1.33 bits per heavy atom. The lowest BCUT2D eigenvalue weighted by atomic mass is 9.83. The van der Waals surface area contributed by atoms with Crippen LogP contribution in [0.25, 0.3) is 0 Å². The highest BCUT2D eigenvalue weighted by Crippen LogP contribution is 2.41. The van der Waals surface area contributed by atoms with E-state index < -0.39 is 10.8 Å². The van der Waals surface area contributed by atoms with Crippen molar-refractivity contribution >= 4 is 10.8 Å². The summed E-state index contributed by atoms with van der Waals surface area (Å²) in [5, 5.41) is 3.46. The summed E-state index contributed by atoms with van der Waals surface area (Å²) in [7, 11) is -0.713. The first kappa shape index (κ1) is 14.5. The highest BCUT2D eigenvalue weighted by Gasteiger charge is 2.40. The molecule has 18 heavy (non-hydrogen) atoms. The average molecular weight is 273 g/mol. The van der Waals surface area contributed by atoms with Crippen molar-refractivity contribution in [1.29, 1.82) is 0 Å². The SMILES string of the molecule is CC(CS(C)=O)NCC1CCC2(CCCCC2)O1. The second-order valence-corrected chi connectivity index (χ2v) is 7.55. The second-order valence-electron chi connectivity index (χ2n) is 6.07. The molecule has 1 heterocycles. The van der Waals surface area contributed by atoms with Crippen molar-refractivity contribution < 1.29 is 8.95 Å². The van der Waals surface area contributed by atoms with Gasteiger partial charge in [0, 0.05) is 35.4 Å². The third-order valence-corrected chi connectivity index (χ3v) is 5.25. The minimum atomic E-state index is -0.713. The molecule has 0 aromatic heterocycles. The van der Waals surface area contributed by atoms with Crippen molar-refractivity contribution in [3.05, 3.63) is 0 Å². The zero-order valence-corrected chi connectivity index (χ0v) is 12.6. The molecule has 4 heteroatoms. The number of rotatable bonds is 5. The van der Waals surface area contributed by atoms with Crippen molar-refractivity contribution in [3.63, 3.8) is 0 Å². The Labute approximate surface area is 114 Å². The molecule has 0 aromatic rings. The zero-order valence-electron chi connectivity index (χ0n) is 11.7. The number of ether oxygens (including phenoxy) is 1. The molecule has 0 radical (unpaired) electrons. The maximum Gasteiger partial charge on any atom is 0.0708 e. The fourth-order valence-corrected chi connectivity index (χ4v) is 4.17. The standard InChI is InChI=1S/C14H27NO2S/c1-12(11-18(2)16)15-10-13-6-9-14(17-13)7-4-3-5-8-14/h12-13,15H,3-11H2,1-2H3. The summed E-state index contributed by atoms with van der Waals surface area (Å²) in [5.41, 5.74) is 0.224. The Bertz CT molecular complexity index is 290. The van der Waals surface area contributed by atoms with Gasteiger partial charge in [0.1, 0.15) is 0 Å². The Morgan fingerprint density at radius 2 is 2.06 bits per heavy atom. The minimum absolute atomic E-state index is 0.224. The third kappa shape index (κ3) is 4.04. The quantitative estimate of drug-likeness (QED) is 0.835. The van der Waals surface area contributed by atoms with Gasteiger partial charge >= 0.3 is 0 Å². The molecule has 1 aliphatic heterocycles. The molecule has 2 aliphatic rings. The molecule has 3 nitrogen and oxygen atoms in total. The molecule has 1 saturated carbocycles. The van der Waals surface area contributed by atoms with E-state index in [4.69, 9.17) is 4.74 Å². The van der Waals surface area contributed by atoms with Crippen molar-refractivity contribution in [2.45, 2.75) is 69.6 Å². The van der Waals surface area contributed by atoms with Crippen LogP contribution in [0, 0.1) is 0 Å². The largest absolute Gasteiger partial charge is 0.370 e. The summed E-state index contributed by atoms with van der Waals surface area (Å²) >= 11 is 0. The Morgan fingerprint density at radius 3 is 2.72 bits per heavy atom. The van der Waals surface area contributed by atoms with Crippen LogP contribution in [0.1, 0.15) is 51.9 Å². The normalized spacial score (nSPS) is 30.4. The van der Waals surface area contributed by atoms with Crippen molar-refractivity contribution in [1.82, 2.24) is 5.32 Å². The van der Waals surface area contributed by atoms with Crippen LogP contribution in [-0.2, 0) is 15.5 Å². The molecule has 0 amide bonds. The van der Waals surface area contributed by atoms with Gasteiger partial charge in [-0.15, -0.1) is 0 Å². The highest BCUT2D eigenvalue weighted by atomic mass is 32.2. The van der Waals surface area contributed by atoms with Crippen LogP contribution >= 0.6 is 0 Å². The predicted molar refractivity (Wildman–Crippen MR) is 76.3 cm³/mol. The summed E-state index contributed by atoms with van der Waals surface area (Å²) in [6, 6.07) is 0.322. The van der Waals surface area contributed by atoms with Gasteiger partial charge in [0.15, 0.2) is 0 Å². The topological polar surface area (TPSA) is 38.3 Å². The summed E-state index contributed by atoms with van der Waals surface area (Å²) in [5.74, 6) is 0.734. The van der Waals surface area contributed by atoms with Gasteiger partial charge in [0.25, 0.3) is 0 Å². The van der Waals surface area contributed by atoms with Crippen LogP contribution in [0.4, 0.5) is 0 Å². The van der Waals surface area contributed by atoms with E-state index in [0.717, 1.165) is 12.3 Å². The van der Waals surface area contributed by atoms with E-state index in [1.807, 2.05) is 0 Å². The van der Waals surface area contributed by atoms with Crippen LogP contribution in [-0.4, -0.2) is 40.5 Å². The Hall–Kier alpha value is 0.0700. The number of hydrogen-bond donors (Lipinski definition) is 1. The van der Waals surface area contributed by atoms with E-state index in [-0.39, 0.29) is 5.60 Å². The highest BCUT2D eigenvalue weighted by molar-refractivity contribution is 7.84. The van der Waals surface area contributed by atoms with E-state index in [1.54, 1.807) is 6.26 Å². The molecule has 3 atom stereocenters. The monoisotopic (exact) mass is 273 g/mol. The van der Waals surface area contributed by atoms with Crippen molar-refractivity contribution in [2.75, 3.05) is 18.6 Å². The first-order valence-electron chi connectivity index (χ1n) is 7.31. The maximum atomic E-state index is 11.1. The molecular weight excluding hydrogens is 246 g/mol. The van der Waals surface area contributed by atoms with Crippen LogP contribution in [0.15, 0.2) is 0 Å². The van der Waals surface area contributed by atoms with Crippen LogP contribution in [0.5, 0.6) is 0 Å². The van der Waals surface area contributed by atoms with Crippen molar-refractivity contribution in [3.8, 4) is 0 Å². The molecule has 1 spiro atoms. The number of hydrogen-bond acceptors (Lipinski definition) is 3. The Kier molecular flexibility index (Phi) is 5.22. The van der Waals surface area contributed by atoms with Crippen LogP contribution in [0.2, 0.25) is 0 Å². The summed E-state index contributed by atoms with van der Waals surface area (Å²) in [4.78, 5) is 0. The lowest BCUT2D eigenvalue weighted by molar-refractivity contribution is -0.0627. The molecule has 2 fully saturated rings. The van der Waals surface area contributed by atoms with E-state index in [0.29, 0.717) is 12.1 Å². The summed E-state index contributed by atoms with van der Waals surface area (Å²) in [6.07, 6.45) is 11.2. The van der Waals surface area contributed by atoms with Gasteiger partial charge in [0.2, 0.25) is 0 Å². The van der Waals surface area contributed by atoms with Gasteiger partial charge < -0.3 is 10.1 Å². The average Bonchev–Trinajstić information content (AvgIpc) is 2.70. The van der Waals surface area contributed by atoms with E-state index >= 15 is 0 Å². The lowest BCUT2D eigenvalue weighted by Crippen LogP contribution is -2.39. The number of nitrogens with one attached hydrogen (secondary N) is 1. The summed E-state index contributed by atoms with van der Waals surface area (Å²) in [6.45, 7) is 3.02. The molecule has 3 unspecified atom stereocenters. The first-order valence-corrected chi connectivity index (χ1v) is 9.04. The Balaban J connectivity index is 1.70. The fourth-order valence-electron chi connectivity index (χ4n) is 3.35. The van der Waals surface area contributed by atoms with Gasteiger partial charge in [-0.25, -0.2) is 0 Å². The lowest BCUT2D eigenvalue weighted by Gasteiger charge is -2.33. The molecule has 1 aliphatic carbocycles. The molecule has 1 N–H and O–H groups in total. The van der Waals surface area contributed by atoms with E-state index in [1.165, 1.54) is 44.9 Å². The maximum absolute atomic E-state index is 11.1. The van der Waals surface area contributed by atoms with E-state index in [2.05, 4.69) is 12.2 Å². The first-order chi connectivity index (χ1) is 8.60. The van der Waals surface area contributed by atoms with Gasteiger partial charge in [0.05, 0.1) is 11.7 Å². The van der Waals surface area contributed by atoms with Crippen LogP contribution < -0.4 is 5.32 Å². The zero-order chi connectivity index (χ0) is 13.0. The smallest absolute Gasteiger partial charge is 0.0708 e.